The highest BCUT2D eigenvalue weighted by atomic mass is 35.5. The highest BCUT2D eigenvalue weighted by Gasteiger charge is 2.10. The van der Waals surface area contributed by atoms with Crippen molar-refractivity contribution in [2.75, 3.05) is 5.73 Å². The highest BCUT2D eigenvalue weighted by Crippen LogP contribution is 2.28. The van der Waals surface area contributed by atoms with Crippen molar-refractivity contribution in [1.82, 2.24) is 20.2 Å². The number of halogens is 1. The topological polar surface area (TPSA) is 69.6 Å². The van der Waals surface area contributed by atoms with E-state index in [9.17, 15) is 0 Å². The molecular formula is C10H12ClN5. The molecule has 1 aromatic heterocycles. The third-order valence-corrected chi connectivity index (χ3v) is 2.65. The van der Waals surface area contributed by atoms with Gasteiger partial charge in [0, 0.05) is 5.56 Å². The Labute approximate surface area is 98.2 Å². The lowest BCUT2D eigenvalue weighted by Gasteiger charge is -2.04. The van der Waals surface area contributed by atoms with E-state index in [1.54, 1.807) is 12.1 Å². The maximum Gasteiger partial charge on any atom is 0.205 e. The monoisotopic (exact) mass is 237 g/mol. The number of nitrogens with two attached hydrogens (primary N) is 1. The fourth-order valence-electron chi connectivity index (χ4n) is 1.42. The molecule has 2 aromatic rings. The number of aromatic nitrogens is 4. The van der Waals surface area contributed by atoms with Crippen molar-refractivity contribution in [3.8, 4) is 11.4 Å². The van der Waals surface area contributed by atoms with Gasteiger partial charge in [0.05, 0.1) is 17.3 Å². The number of rotatable bonds is 2. The second kappa shape index (κ2) is 4.09. The molecule has 0 atom stereocenters. The minimum atomic E-state index is 0.523. The molecule has 0 saturated carbocycles. The van der Waals surface area contributed by atoms with Crippen molar-refractivity contribution in [2.45, 2.75) is 20.4 Å². The Morgan fingerprint density at radius 2 is 2.19 bits per heavy atom. The summed E-state index contributed by atoms with van der Waals surface area (Å²) in [5.41, 5.74) is 8.12. The van der Waals surface area contributed by atoms with E-state index < -0.39 is 0 Å². The van der Waals surface area contributed by atoms with Crippen molar-refractivity contribution >= 4 is 17.3 Å². The second-order valence-electron chi connectivity index (χ2n) is 3.49. The van der Waals surface area contributed by atoms with Crippen molar-refractivity contribution < 1.29 is 0 Å². The number of hydrogen-bond donors (Lipinski definition) is 1. The molecule has 84 valence electrons. The normalized spacial score (nSPS) is 10.7. The van der Waals surface area contributed by atoms with Crippen molar-refractivity contribution in [1.29, 1.82) is 0 Å². The Kier molecular flexibility index (Phi) is 2.78. The van der Waals surface area contributed by atoms with E-state index in [2.05, 4.69) is 15.4 Å². The summed E-state index contributed by atoms with van der Waals surface area (Å²) in [7, 11) is 0. The van der Waals surface area contributed by atoms with Crippen LogP contribution >= 0.6 is 11.6 Å². The molecule has 1 aromatic carbocycles. The number of benzene rings is 1. The molecule has 0 fully saturated rings. The predicted octanol–water partition coefficient (Wildman–Crippen LogP) is 1.90. The van der Waals surface area contributed by atoms with E-state index in [1.807, 2.05) is 13.8 Å². The average Bonchev–Trinajstić information content (AvgIpc) is 2.71. The van der Waals surface area contributed by atoms with Gasteiger partial charge in [0.2, 0.25) is 5.82 Å². The van der Waals surface area contributed by atoms with Crippen LogP contribution in [-0.2, 0) is 6.54 Å². The summed E-state index contributed by atoms with van der Waals surface area (Å²) in [5.74, 6) is 0.572. The Bertz CT molecular complexity index is 520. The summed E-state index contributed by atoms with van der Waals surface area (Å²) in [6, 6.07) is 3.58. The smallest absolute Gasteiger partial charge is 0.205 e. The van der Waals surface area contributed by atoms with Crippen LogP contribution in [0.1, 0.15) is 12.5 Å². The first-order valence-corrected chi connectivity index (χ1v) is 5.33. The van der Waals surface area contributed by atoms with Crippen molar-refractivity contribution in [2.24, 2.45) is 0 Å². The van der Waals surface area contributed by atoms with Crippen LogP contribution in [0.2, 0.25) is 5.02 Å². The number of tetrazole rings is 1. The van der Waals surface area contributed by atoms with Crippen molar-refractivity contribution in [3.05, 3.63) is 22.7 Å². The SMILES string of the molecule is CCn1nnc(-c2cc(N)c(Cl)cc2C)n1. The molecule has 0 spiro atoms. The van der Waals surface area contributed by atoms with E-state index in [4.69, 9.17) is 17.3 Å². The lowest BCUT2D eigenvalue weighted by atomic mass is 10.1. The molecule has 0 radical (unpaired) electrons. The summed E-state index contributed by atoms with van der Waals surface area (Å²) in [5, 5.41) is 12.7. The molecule has 0 saturated heterocycles. The molecule has 2 rings (SSSR count). The quantitative estimate of drug-likeness (QED) is 0.810. The molecule has 2 N–H and O–H groups in total. The van der Waals surface area contributed by atoms with Crippen LogP contribution in [0.4, 0.5) is 5.69 Å². The lowest BCUT2D eigenvalue weighted by molar-refractivity contribution is 0.553. The third kappa shape index (κ3) is 1.86. The van der Waals surface area contributed by atoms with Gasteiger partial charge < -0.3 is 5.73 Å². The zero-order chi connectivity index (χ0) is 11.7. The molecule has 0 aliphatic rings. The molecule has 1 heterocycles. The predicted molar refractivity (Wildman–Crippen MR) is 63.1 cm³/mol. The van der Waals surface area contributed by atoms with Gasteiger partial charge in [0.25, 0.3) is 0 Å². The number of anilines is 1. The zero-order valence-corrected chi connectivity index (χ0v) is 9.86. The summed E-state index contributed by atoms with van der Waals surface area (Å²) in [6.45, 7) is 4.58. The van der Waals surface area contributed by atoms with Gasteiger partial charge in [-0.15, -0.1) is 10.2 Å². The average molecular weight is 238 g/mol. The molecule has 0 aliphatic carbocycles. The Morgan fingerprint density at radius 1 is 1.44 bits per heavy atom. The third-order valence-electron chi connectivity index (χ3n) is 2.32. The molecule has 0 bridgehead atoms. The van der Waals surface area contributed by atoms with Crippen LogP contribution in [0.3, 0.4) is 0 Å². The molecular weight excluding hydrogens is 226 g/mol. The van der Waals surface area contributed by atoms with Gasteiger partial charge in [-0.25, -0.2) is 0 Å². The van der Waals surface area contributed by atoms with Crippen LogP contribution in [0, 0.1) is 6.92 Å². The minimum Gasteiger partial charge on any atom is -0.398 e. The largest absolute Gasteiger partial charge is 0.398 e. The summed E-state index contributed by atoms with van der Waals surface area (Å²) in [4.78, 5) is 1.53. The highest BCUT2D eigenvalue weighted by molar-refractivity contribution is 6.33. The molecule has 0 unspecified atom stereocenters. The van der Waals surface area contributed by atoms with Crippen molar-refractivity contribution in [3.63, 3.8) is 0 Å². The first-order valence-electron chi connectivity index (χ1n) is 4.95. The Morgan fingerprint density at radius 3 is 2.81 bits per heavy atom. The number of hydrogen-bond acceptors (Lipinski definition) is 4. The van der Waals surface area contributed by atoms with Gasteiger partial charge >= 0.3 is 0 Å². The first kappa shape index (κ1) is 10.9. The van der Waals surface area contributed by atoms with Gasteiger partial charge in [0.15, 0.2) is 0 Å². The Hall–Kier alpha value is -1.62. The van der Waals surface area contributed by atoms with Gasteiger partial charge in [-0.2, -0.15) is 4.80 Å². The van der Waals surface area contributed by atoms with E-state index in [1.165, 1.54) is 4.80 Å². The van der Waals surface area contributed by atoms with Gasteiger partial charge in [-0.3, -0.25) is 0 Å². The second-order valence-corrected chi connectivity index (χ2v) is 3.90. The minimum absolute atomic E-state index is 0.523. The summed E-state index contributed by atoms with van der Waals surface area (Å²) in [6.07, 6.45) is 0. The van der Waals surface area contributed by atoms with Gasteiger partial charge in [0.1, 0.15) is 0 Å². The summed E-state index contributed by atoms with van der Waals surface area (Å²) < 4.78 is 0. The molecule has 0 amide bonds. The van der Waals surface area contributed by atoms with E-state index >= 15 is 0 Å². The zero-order valence-electron chi connectivity index (χ0n) is 9.11. The van der Waals surface area contributed by atoms with Crippen LogP contribution in [0.15, 0.2) is 12.1 Å². The number of nitrogen functional groups attached to an aromatic ring is 1. The van der Waals surface area contributed by atoms with E-state index in [0.29, 0.717) is 23.1 Å². The Balaban J connectivity index is 2.51. The molecule has 6 heteroatoms. The fourth-order valence-corrected chi connectivity index (χ4v) is 1.63. The van der Waals surface area contributed by atoms with Crippen LogP contribution in [-0.4, -0.2) is 20.2 Å². The van der Waals surface area contributed by atoms with Crippen LogP contribution < -0.4 is 5.73 Å². The van der Waals surface area contributed by atoms with Gasteiger partial charge in [-0.05, 0) is 36.8 Å². The maximum absolute atomic E-state index is 5.92. The standard InChI is InChI=1S/C10H12ClN5/c1-3-16-14-10(13-15-16)7-5-9(12)8(11)4-6(7)2/h4-5H,3,12H2,1-2H3. The molecule has 0 aliphatic heterocycles. The maximum atomic E-state index is 5.92. The summed E-state index contributed by atoms with van der Waals surface area (Å²) >= 11 is 5.92. The molecule has 16 heavy (non-hydrogen) atoms. The van der Waals surface area contributed by atoms with E-state index in [0.717, 1.165) is 11.1 Å². The number of aryl methyl sites for hydroxylation is 2. The molecule has 5 nitrogen and oxygen atoms in total. The van der Waals surface area contributed by atoms with Gasteiger partial charge in [-0.1, -0.05) is 11.6 Å². The first-order chi connectivity index (χ1) is 7.61. The number of nitrogens with zero attached hydrogens (tertiary/aromatic N) is 4. The van der Waals surface area contributed by atoms with Crippen LogP contribution in [0.25, 0.3) is 11.4 Å². The lowest BCUT2D eigenvalue weighted by Crippen LogP contribution is -1.98. The van der Waals surface area contributed by atoms with Crippen LogP contribution in [0.5, 0.6) is 0 Å². The fraction of sp³-hybridized carbons (Fsp3) is 0.300. The van der Waals surface area contributed by atoms with E-state index in [-0.39, 0.29) is 0 Å².